The van der Waals surface area contributed by atoms with E-state index in [1.54, 1.807) is 0 Å². The van der Waals surface area contributed by atoms with Crippen molar-refractivity contribution in [3.63, 3.8) is 0 Å². The number of halogens is 1. The molecule has 0 bridgehead atoms. The van der Waals surface area contributed by atoms with E-state index >= 15 is 0 Å². The van der Waals surface area contributed by atoms with Crippen molar-refractivity contribution in [3.05, 3.63) is 47.8 Å². The lowest BCUT2D eigenvalue weighted by Gasteiger charge is -2.07. The molecule has 0 aliphatic heterocycles. The number of phenolic OH excluding ortho intramolecular Hbond substituents is 2. The van der Waals surface area contributed by atoms with Crippen molar-refractivity contribution in [1.29, 1.82) is 0 Å². The van der Waals surface area contributed by atoms with Gasteiger partial charge in [-0.2, -0.15) is 0 Å². The van der Waals surface area contributed by atoms with E-state index < -0.39 is 11.8 Å². The van der Waals surface area contributed by atoms with Crippen LogP contribution in [0.5, 0.6) is 11.5 Å². The standard InChI is InChI=1S/C13H9FO4/c14-9-1-2-11(12(16)6-9)7-3-8(13(17)18)5-10(15)4-7/h1-6,15-16H,(H,17,18). The first kappa shape index (κ1) is 11.9. The number of benzene rings is 2. The van der Waals surface area contributed by atoms with Crippen LogP contribution in [0.3, 0.4) is 0 Å². The molecular weight excluding hydrogens is 239 g/mol. The predicted octanol–water partition coefficient (Wildman–Crippen LogP) is 2.60. The van der Waals surface area contributed by atoms with Gasteiger partial charge in [0.25, 0.3) is 0 Å². The van der Waals surface area contributed by atoms with Gasteiger partial charge in [-0.3, -0.25) is 0 Å². The summed E-state index contributed by atoms with van der Waals surface area (Å²) >= 11 is 0. The highest BCUT2D eigenvalue weighted by molar-refractivity contribution is 5.90. The lowest BCUT2D eigenvalue weighted by atomic mass is 10.0. The third kappa shape index (κ3) is 2.24. The third-order valence-corrected chi connectivity index (χ3v) is 2.44. The van der Waals surface area contributed by atoms with Gasteiger partial charge >= 0.3 is 5.97 Å². The van der Waals surface area contributed by atoms with Crippen molar-refractivity contribution in [2.45, 2.75) is 0 Å². The number of carboxylic acid groups (broad SMARTS) is 1. The van der Waals surface area contributed by atoms with Gasteiger partial charge < -0.3 is 15.3 Å². The largest absolute Gasteiger partial charge is 0.508 e. The minimum absolute atomic E-state index is 0.117. The summed E-state index contributed by atoms with van der Waals surface area (Å²) in [4.78, 5) is 10.8. The second-order valence-corrected chi connectivity index (χ2v) is 3.74. The summed E-state index contributed by atoms with van der Waals surface area (Å²) in [5.41, 5.74) is 0.424. The Hall–Kier alpha value is -2.56. The van der Waals surface area contributed by atoms with Gasteiger partial charge in [-0.25, -0.2) is 9.18 Å². The molecule has 0 spiro atoms. The zero-order valence-electron chi connectivity index (χ0n) is 9.09. The Morgan fingerprint density at radius 3 is 2.39 bits per heavy atom. The van der Waals surface area contributed by atoms with E-state index in [0.29, 0.717) is 5.56 Å². The fraction of sp³-hybridized carbons (Fsp3) is 0. The molecule has 0 saturated carbocycles. The maximum atomic E-state index is 12.8. The summed E-state index contributed by atoms with van der Waals surface area (Å²) < 4.78 is 12.8. The van der Waals surface area contributed by atoms with Gasteiger partial charge in [0.2, 0.25) is 0 Å². The van der Waals surface area contributed by atoms with Crippen LogP contribution >= 0.6 is 0 Å². The predicted molar refractivity (Wildman–Crippen MR) is 62.1 cm³/mol. The normalized spacial score (nSPS) is 10.3. The molecule has 0 radical (unpaired) electrons. The van der Waals surface area contributed by atoms with Gasteiger partial charge in [-0.1, -0.05) is 0 Å². The summed E-state index contributed by atoms with van der Waals surface area (Å²) in [6.07, 6.45) is 0. The molecule has 0 unspecified atom stereocenters. The van der Waals surface area contributed by atoms with E-state index in [2.05, 4.69) is 0 Å². The van der Waals surface area contributed by atoms with Crippen molar-refractivity contribution >= 4 is 5.97 Å². The molecule has 0 atom stereocenters. The first-order valence-electron chi connectivity index (χ1n) is 5.03. The van der Waals surface area contributed by atoms with Crippen LogP contribution in [-0.2, 0) is 0 Å². The second kappa shape index (κ2) is 4.37. The minimum atomic E-state index is -1.20. The summed E-state index contributed by atoms with van der Waals surface area (Å²) in [6.45, 7) is 0. The monoisotopic (exact) mass is 248 g/mol. The number of aromatic hydroxyl groups is 2. The fourth-order valence-electron chi connectivity index (χ4n) is 1.64. The number of hydrogen-bond acceptors (Lipinski definition) is 3. The third-order valence-electron chi connectivity index (χ3n) is 2.44. The van der Waals surface area contributed by atoms with Gasteiger partial charge in [-0.15, -0.1) is 0 Å². The smallest absolute Gasteiger partial charge is 0.335 e. The summed E-state index contributed by atoms with van der Waals surface area (Å²) in [6, 6.07) is 7.03. The Bertz CT molecular complexity index is 622. The highest BCUT2D eigenvalue weighted by Gasteiger charge is 2.11. The molecule has 92 valence electrons. The van der Waals surface area contributed by atoms with Crippen molar-refractivity contribution in [1.82, 2.24) is 0 Å². The maximum Gasteiger partial charge on any atom is 0.335 e. The van der Waals surface area contributed by atoms with Gasteiger partial charge in [0.15, 0.2) is 0 Å². The Labute approximate surface area is 102 Å². The zero-order chi connectivity index (χ0) is 13.3. The number of rotatable bonds is 2. The van der Waals surface area contributed by atoms with E-state index in [4.69, 9.17) is 5.11 Å². The summed E-state index contributed by atoms with van der Waals surface area (Å²) in [5, 5.41) is 27.9. The molecule has 0 saturated heterocycles. The molecule has 0 aromatic heterocycles. The van der Waals surface area contributed by atoms with Crippen molar-refractivity contribution < 1.29 is 24.5 Å². The molecule has 18 heavy (non-hydrogen) atoms. The zero-order valence-corrected chi connectivity index (χ0v) is 9.09. The molecule has 0 aliphatic carbocycles. The first-order valence-corrected chi connectivity index (χ1v) is 5.03. The van der Waals surface area contributed by atoms with Crippen molar-refractivity contribution in [2.75, 3.05) is 0 Å². The van der Waals surface area contributed by atoms with Crippen LogP contribution in [-0.4, -0.2) is 21.3 Å². The molecular formula is C13H9FO4. The molecule has 5 heteroatoms. The number of aromatic carboxylic acids is 1. The minimum Gasteiger partial charge on any atom is -0.508 e. The van der Waals surface area contributed by atoms with Crippen molar-refractivity contribution in [2.24, 2.45) is 0 Å². The molecule has 3 N–H and O–H groups in total. The van der Waals surface area contributed by atoms with Gasteiger partial charge in [0.1, 0.15) is 17.3 Å². The molecule has 0 fully saturated rings. The van der Waals surface area contributed by atoms with E-state index in [1.165, 1.54) is 18.2 Å². The number of hydrogen-bond donors (Lipinski definition) is 3. The Morgan fingerprint density at radius 2 is 1.78 bits per heavy atom. The lowest BCUT2D eigenvalue weighted by Crippen LogP contribution is -1.96. The lowest BCUT2D eigenvalue weighted by molar-refractivity contribution is 0.0696. The van der Waals surface area contributed by atoms with Crippen LogP contribution < -0.4 is 0 Å². The SMILES string of the molecule is O=C(O)c1cc(O)cc(-c2ccc(F)cc2O)c1. The van der Waals surface area contributed by atoms with Crippen LogP contribution in [0.15, 0.2) is 36.4 Å². The van der Waals surface area contributed by atoms with E-state index in [9.17, 15) is 19.4 Å². The molecule has 4 nitrogen and oxygen atoms in total. The van der Waals surface area contributed by atoms with Crippen molar-refractivity contribution in [3.8, 4) is 22.6 Å². The Kier molecular flexibility index (Phi) is 2.89. The van der Waals surface area contributed by atoms with Crippen LogP contribution in [0, 0.1) is 5.82 Å². The molecule has 0 aliphatic rings. The molecule has 2 aromatic carbocycles. The fourth-order valence-corrected chi connectivity index (χ4v) is 1.64. The van der Waals surface area contributed by atoms with Gasteiger partial charge in [0.05, 0.1) is 5.56 Å². The molecule has 2 rings (SSSR count). The summed E-state index contributed by atoms with van der Waals surface area (Å²) in [7, 11) is 0. The second-order valence-electron chi connectivity index (χ2n) is 3.74. The molecule has 2 aromatic rings. The Balaban J connectivity index is 2.60. The summed E-state index contributed by atoms with van der Waals surface area (Å²) in [5.74, 6) is -2.37. The number of phenols is 2. The van der Waals surface area contributed by atoms with Gasteiger partial charge in [-0.05, 0) is 35.9 Å². The first-order chi connectivity index (χ1) is 8.47. The highest BCUT2D eigenvalue weighted by atomic mass is 19.1. The number of carbonyl (C=O) groups is 1. The highest BCUT2D eigenvalue weighted by Crippen LogP contribution is 2.32. The molecule has 0 heterocycles. The van der Waals surface area contributed by atoms with E-state index in [-0.39, 0.29) is 22.6 Å². The van der Waals surface area contributed by atoms with Crippen LogP contribution in [0.25, 0.3) is 11.1 Å². The quantitative estimate of drug-likeness (QED) is 0.763. The maximum absolute atomic E-state index is 12.8. The Morgan fingerprint density at radius 1 is 1.06 bits per heavy atom. The topological polar surface area (TPSA) is 77.8 Å². The number of carboxylic acids is 1. The van der Waals surface area contributed by atoms with E-state index in [0.717, 1.165) is 18.2 Å². The van der Waals surface area contributed by atoms with Crippen LogP contribution in [0.1, 0.15) is 10.4 Å². The van der Waals surface area contributed by atoms with E-state index in [1.807, 2.05) is 0 Å². The molecule has 0 amide bonds. The van der Waals surface area contributed by atoms with Crippen LogP contribution in [0.2, 0.25) is 0 Å². The van der Waals surface area contributed by atoms with Gasteiger partial charge in [0, 0.05) is 11.6 Å². The average molecular weight is 248 g/mol. The average Bonchev–Trinajstić information content (AvgIpc) is 2.27. The van der Waals surface area contributed by atoms with Crippen LogP contribution in [0.4, 0.5) is 4.39 Å².